The highest BCUT2D eigenvalue weighted by atomic mass is 32.1. The molecule has 4 rings (SSSR count). The van der Waals surface area contributed by atoms with Gasteiger partial charge in [-0.1, -0.05) is 25.1 Å². The average Bonchev–Trinajstić information content (AvgIpc) is 3.16. The normalized spacial score (nSPS) is 16.5. The summed E-state index contributed by atoms with van der Waals surface area (Å²) < 4.78 is 5.42. The van der Waals surface area contributed by atoms with E-state index < -0.39 is 24.3 Å². The molecule has 2 atom stereocenters. The summed E-state index contributed by atoms with van der Waals surface area (Å²) >= 11 is 1.26. The average molecular weight is 420 g/mol. The van der Waals surface area contributed by atoms with Crippen LogP contribution in [0.3, 0.4) is 0 Å². The van der Waals surface area contributed by atoms with Crippen molar-refractivity contribution in [2.75, 3.05) is 6.61 Å². The smallest absolute Gasteiger partial charge is 0.339 e. The van der Waals surface area contributed by atoms with E-state index in [0.717, 1.165) is 47.1 Å². The molecule has 1 aromatic carbocycles. The van der Waals surface area contributed by atoms with Crippen LogP contribution in [0.15, 0.2) is 29.6 Å². The van der Waals surface area contributed by atoms with E-state index in [4.69, 9.17) is 9.72 Å². The van der Waals surface area contributed by atoms with Crippen LogP contribution < -0.4 is 0 Å². The number of rotatable bonds is 5. The Labute approximate surface area is 178 Å². The quantitative estimate of drug-likeness (QED) is 0.577. The minimum Gasteiger partial charge on any atom is -0.454 e. The van der Waals surface area contributed by atoms with E-state index in [1.54, 1.807) is 12.3 Å². The Morgan fingerprint density at radius 2 is 2.13 bits per heavy atom. The number of hydrogen-bond donors (Lipinski definition) is 0. The van der Waals surface area contributed by atoms with Gasteiger partial charge in [-0.15, -0.1) is 11.3 Å². The molecule has 0 radical (unpaired) electrons. The van der Waals surface area contributed by atoms with E-state index in [1.165, 1.54) is 11.3 Å². The maximum atomic E-state index is 13.1. The van der Waals surface area contributed by atoms with Crippen LogP contribution in [0.1, 0.15) is 51.6 Å². The first-order chi connectivity index (χ1) is 14.5. The molecule has 0 spiro atoms. The second kappa shape index (κ2) is 8.33. The van der Waals surface area contributed by atoms with Gasteiger partial charge in [-0.05, 0) is 43.7 Å². The van der Waals surface area contributed by atoms with Crippen molar-refractivity contribution in [3.8, 4) is 6.07 Å². The highest BCUT2D eigenvalue weighted by Crippen LogP contribution is 2.32. The third-order valence-corrected chi connectivity index (χ3v) is 6.42. The summed E-state index contributed by atoms with van der Waals surface area (Å²) in [5.74, 6) is -1.59. The molecular weight excluding hydrogens is 398 g/mol. The van der Waals surface area contributed by atoms with Crippen molar-refractivity contribution >= 4 is 34.0 Å². The second-order valence-electron chi connectivity index (χ2n) is 7.71. The molecular formula is C23H21N3O3S. The topological polar surface area (TPSA) is 92.9 Å². The largest absolute Gasteiger partial charge is 0.454 e. The number of carbonyl (C=O) groups is 2. The molecule has 0 aliphatic heterocycles. The van der Waals surface area contributed by atoms with Crippen LogP contribution in [0.25, 0.3) is 10.9 Å². The number of hydrogen-bond acceptors (Lipinski definition) is 7. The van der Waals surface area contributed by atoms with E-state index in [1.807, 2.05) is 30.3 Å². The Kier molecular flexibility index (Phi) is 5.60. The molecule has 2 aromatic heterocycles. The number of pyridine rings is 1. The molecule has 3 aromatic rings. The van der Waals surface area contributed by atoms with Crippen LogP contribution >= 0.6 is 11.3 Å². The maximum Gasteiger partial charge on any atom is 0.339 e. The molecule has 0 saturated carbocycles. The Bertz CT molecular complexity index is 1180. The van der Waals surface area contributed by atoms with Gasteiger partial charge in [0, 0.05) is 22.2 Å². The number of benzene rings is 1. The lowest BCUT2D eigenvalue weighted by Gasteiger charge is -2.24. The SMILES string of the molecule is Cc1csc([C@@H](C#N)C(=O)COC(=O)c2c3c(nc4ccccc24)CC[C@H](C)C3)n1. The molecule has 0 unspecified atom stereocenters. The number of fused-ring (bicyclic) bond motifs is 2. The number of ketones is 1. The number of esters is 1. The molecule has 1 aliphatic rings. The molecule has 0 saturated heterocycles. The number of nitrogens with zero attached hydrogens (tertiary/aromatic N) is 3. The molecule has 2 heterocycles. The molecule has 0 bridgehead atoms. The number of nitriles is 1. The van der Waals surface area contributed by atoms with Crippen LogP contribution in [-0.2, 0) is 22.4 Å². The summed E-state index contributed by atoms with van der Waals surface area (Å²) in [7, 11) is 0. The minimum absolute atomic E-state index is 0.427. The Balaban J connectivity index is 1.61. The highest BCUT2D eigenvalue weighted by Gasteiger charge is 2.28. The van der Waals surface area contributed by atoms with Crippen LogP contribution in [0.5, 0.6) is 0 Å². The van der Waals surface area contributed by atoms with Gasteiger partial charge in [-0.2, -0.15) is 5.26 Å². The zero-order chi connectivity index (χ0) is 21.3. The summed E-state index contributed by atoms with van der Waals surface area (Å²) in [6.07, 6.45) is 2.60. The lowest BCUT2D eigenvalue weighted by molar-refractivity contribution is -0.122. The van der Waals surface area contributed by atoms with Gasteiger partial charge in [0.2, 0.25) is 0 Å². The predicted octanol–water partition coefficient (Wildman–Crippen LogP) is 4.16. The first-order valence-corrected chi connectivity index (χ1v) is 10.8. The van der Waals surface area contributed by atoms with Crippen molar-refractivity contribution in [1.82, 2.24) is 9.97 Å². The van der Waals surface area contributed by atoms with E-state index in [-0.39, 0.29) is 0 Å². The van der Waals surface area contributed by atoms with Gasteiger partial charge in [0.15, 0.2) is 18.3 Å². The Morgan fingerprint density at radius 1 is 1.33 bits per heavy atom. The van der Waals surface area contributed by atoms with Crippen molar-refractivity contribution in [3.63, 3.8) is 0 Å². The second-order valence-corrected chi connectivity index (χ2v) is 8.60. The van der Waals surface area contributed by atoms with E-state index in [2.05, 4.69) is 11.9 Å². The summed E-state index contributed by atoms with van der Waals surface area (Å²) in [6.45, 7) is 3.50. The van der Waals surface area contributed by atoms with E-state index in [0.29, 0.717) is 16.5 Å². The fraction of sp³-hybridized carbons (Fsp3) is 0.348. The lowest BCUT2D eigenvalue weighted by atomic mass is 9.84. The lowest BCUT2D eigenvalue weighted by Crippen LogP contribution is -2.23. The van der Waals surface area contributed by atoms with Gasteiger partial charge in [0.25, 0.3) is 0 Å². The first kappa shape index (κ1) is 20.2. The fourth-order valence-corrected chi connectivity index (χ4v) is 4.72. The number of Topliss-reactive ketones (excluding diaryl/α,β-unsaturated/α-hetero) is 1. The van der Waals surface area contributed by atoms with Gasteiger partial charge < -0.3 is 4.74 Å². The number of para-hydroxylation sites is 1. The molecule has 0 fully saturated rings. The van der Waals surface area contributed by atoms with E-state index in [9.17, 15) is 14.9 Å². The standard InChI is InChI=1S/C23H21N3O3S/c1-13-7-8-19-16(9-13)21(15-5-3-4-6-18(15)26-19)23(28)29-11-20(27)17(10-24)22-25-14(2)12-30-22/h3-6,12-13,17H,7-9,11H2,1-2H3/t13-,17-/m0/s1. The number of thiazole rings is 1. The van der Waals surface area contributed by atoms with Crippen molar-refractivity contribution in [2.24, 2.45) is 5.92 Å². The van der Waals surface area contributed by atoms with Gasteiger partial charge >= 0.3 is 5.97 Å². The van der Waals surface area contributed by atoms with Crippen LogP contribution in [0, 0.1) is 24.2 Å². The summed E-state index contributed by atoms with van der Waals surface area (Å²) in [6, 6.07) is 9.47. The van der Waals surface area contributed by atoms with Gasteiger partial charge in [0.1, 0.15) is 5.01 Å². The first-order valence-electron chi connectivity index (χ1n) is 9.90. The van der Waals surface area contributed by atoms with Crippen molar-refractivity contribution in [3.05, 3.63) is 57.2 Å². The molecule has 0 N–H and O–H groups in total. The Hall–Kier alpha value is -3.11. The van der Waals surface area contributed by atoms with E-state index >= 15 is 0 Å². The number of aromatic nitrogens is 2. The third-order valence-electron chi connectivity index (χ3n) is 5.39. The van der Waals surface area contributed by atoms with Crippen molar-refractivity contribution in [1.29, 1.82) is 5.26 Å². The molecule has 7 heteroatoms. The Morgan fingerprint density at radius 3 is 2.87 bits per heavy atom. The number of aryl methyl sites for hydroxylation is 2. The third kappa shape index (κ3) is 3.83. The minimum atomic E-state index is -1.03. The van der Waals surface area contributed by atoms with Crippen LogP contribution in [-0.4, -0.2) is 28.3 Å². The number of ether oxygens (including phenoxy) is 1. The maximum absolute atomic E-state index is 13.1. The zero-order valence-corrected chi connectivity index (χ0v) is 17.7. The summed E-state index contributed by atoms with van der Waals surface area (Å²) in [5.41, 5.74) is 3.84. The van der Waals surface area contributed by atoms with Crippen LogP contribution in [0.2, 0.25) is 0 Å². The van der Waals surface area contributed by atoms with Crippen molar-refractivity contribution in [2.45, 2.75) is 39.0 Å². The summed E-state index contributed by atoms with van der Waals surface area (Å²) in [5, 5.41) is 12.4. The fourth-order valence-electron chi connectivity index (χ4n) is 3.86. The predicted molar refractivity (Wildman–Crippen MR) is 113 cm³/mol. The molecule has 1 aliphatic carbocycles. The highest BCUT2D eigenvalue weighted by molar-refractivity contribution is 7.09. The monoisotopic (exact) mass is 419 g/mol. The van der Waals surface area contributed by atoms with Crippen LogP contribution in [0.4, 0.5) is 0 Å². The molecule has 0 amide bonds. The molecule has 30 heavy (non-hydrogen) atoms. The van der Waals surface area contributed by atoms with Gasteiger partial charge in [-0.3, -0.25) is 9.78 Å². The van der Waals surface area contributed by atoms with Gasteiger partial charge in [-0.25, -0.2) is 9.78 Å². The zero-order valence-electron chi connectivity index (χ0n) is 16.8. The number of carbonyl (C=O) groups excluding carboxylic acids is 2. The van der Waals surface area contributed by atoms with Gasteiger partial charge in [0.05, 0.1) is 17.1 Å². The summed E-state index contributed by atoms with van der Waals surface area (Å²) in [4.78, 5) is 34.6. The molecule has 152 valence electrons. The van der Waals surface area contributed by atoms with Crippen molar-refractivity contribution < 1.29 is 14.3 Å². The molecule has 6 nitrogen and oxygen atoms in total.